The van der Waals surface area contributed by atoms with Crippen molar-refractivity contribution in [2.24, 2.45) is 0 Å². The first-order valence-electron chi connectivity index (χ1n) is 4.79. The maximum atomic E-state index is 6.10. The van der Waals surface area contributed by atoms with Crippen LogP contribution in [0.1, 0.15) is 32.6 Å². The second-order valence-corrected chi connectivity index (χ2v) is 3.77. The Balaban J connectivity index is 2.46. The number of unbranched alkanes of at least 4 members (excludes halogenated alkanes) is 2. The number of rotatable bonds is 4. The van der Waals surface area contributed by atoms with Crippen molar-refractivity contribution < 1.29 is 0 Å². The Morgan fingerprint density at radius 3 is 2.38 bits per heavy atom. The predicted molar refractivity (Wildman–Crippen MR) is 55.8 cm³/mol. The molecule has 1 heterocycles. The molecule has 74 valence electrons. The summed E-state index contributed by atoms with van der Waals surface area (Å²) in [6.45, 7) is 5.31. The van der Waals surface area contributed by atoms with Crippen molar-refractivity contribution in [1.82, 2.24) is 9.80 Å². The van der Waals surface area contributed by atoms with Gasteiger partial charge in [-0.2, -0.15) is 0 Å². The van der Waals surface area contributed by atoms with E-state index in [1.54, 1.807) is 0 Å². The van der Waals surface area contributed by atoms with E-state index in [9.17, 15) is 0 Å². The van der Waals surface area contributed by atoms with Crippen LogP contribution in [0.3, 0.4) is 0 Å². The van der Waals surface area contributed by atoms with Crippen LogP contribution in [0.25, 0.3) is 0 Å². The van der Waals surface area contributed by atoms with Crippen molar-refractivity contribution in [3.8, 4) is 0 Å². The van der Waals surface area contributed by atoms with E-state index in [0.717, 1.165) is 11.6 Å². The molecule has 0 saturated carbocycles. The van der Waals surface area contributed by atoms with Gasteiger partial charge in [-0.05, 0) is 12.8 Å². The minimum absolute atomic E-state index is 0.818. The average molecular weight is 201 g/mol. The summed E-state index contributed by atoms with van der Waals surface area (Å²) in [5, 5.41) is 0.818. The van der Waals surface area contributed by atoms with E-state index in [2.05, 4.69) is 13.6 Å². The molecule has 0 fully saturated rings. The molecule has 2 nitrogen and oxygen atoms in total. The fourth-order valence-corrected chi connectivity index (χ4v) is 1.73. The van der Waals surface area contributed by atoms with Gasteiger partial charge < -0.3 is 9.80 Å². The first kappa shape index (κ1) is 10.7. The second-order valence-electron chi connectivity index (χ2n) is 3.41. The maximum Gasteiger partial charge on any atom is 0.208 e. The Bertz CT molecular complexity index is 201. The van der Waals surface area contributed by atoms with Gasteiger partial charge in [0, 0.05) is 14.1 Å². The molecule has 0 aromatic carbocycles. The van der Waals surface area contributed by atoms with E-state index in [1.807, 2.05) is 23.9 Å². The lowest BCUT2D eigenvalue weighted by atomic mass is 10.1. The molecule has 3 heteroatoms. The van der Waals surface area contributed by atoms with Crippen molar-refractivity contribution in [2.75, 3.05) is 14.1 Å². The highest BCUT2D eigenvalue weighted by Crippen LogP contribution is 2.29. The number of allylic oxidation sites excluding steroid dienone is 1. The number of hydrogen-bond acceptors (Lipinski definition) is 2. The third-order valence-corrected chi connectivity index (χ3v) is 2.73. The fourth-order valence-electron chi connectivity index (χ4n) is 1.47. The molecule has 0 amide bonds. The van der Waals surface area contributed by atoms with Crippen LogP contribution in [0, 0.1) is 6.67 Å². The van der Waals surface area contributed by atoms with Crippen LogP contribution in [0.5, 0.6) is 0 Å². The highest BCUT2D eigenvalue weighted by atomic mass is 35.5. The summed E-state index contributed by atoms with van der Waals surface area (Å²) >= 11 is 6.10. The second kappa shape index (κ2) is 4.75. The first-order valence-corrected chi connectivity index (χ1v) is 5.17. The van der Waals surface area contributed by atoms with E-state index < -0.39 is 0 Å². The zero-order valence-corrected chi connectivity index (χ0v) is 9.36. The first-order chi connectivity index (χ1) is 6.16. The van der Waals surface area contributed by atoms with Crippen LogP contribution in [0.2, 0.25) is 0 Å². The van der Waals surface area contributed by atoms with Gasteiger partial charge in [-0.15, -0.1) is 0 Å². The lowest BCUT2D eigenvalue weighted by molar-refractivity contribution is 0.406. The molecule has 2 radical (unpaired) electrons. The molecule has 13 heavy (non-hydrogen) atoms. The molecule has 0 bridgehead atoms. The molecule has 0 aliphatic carbocycles. The average Bonchev–Trinajstić information content (AvgIpc) is 2.32. The van der Waals surface area contributed by atoms with Crippen molar-refractivity contribution in [3.05, 3.63) is 17.5 Å². The molecule has 0 atom stereocenters. The zero-order valence-electron chi connectivity index (χ0n) is 8.60. The lowest BCUT2D eigenvalue weighted by Gasteiger charge is -2.13. The van der Waals surface area contributed by atoms with Crippen molar-refractivity contribution in [1.29, 1.82) is 0 Å². The number of hydrogen-bond donors (Lipinski definition) is 0. The summed E-state index contributed by atoms with van der Waals surface area (Å²) in [6.07, 6.45) is 4.78. The highest BCUT2D eigenvalue weighted by molar-refractivity contribution is 6.29. The molecular weight excluding hydrogens is 184 g/mol. The van der Waals surface area contributed by atoms with Gasteiger partial charge in [0.15, 0.2) is 0 Å². The van der Waals surface area contributed by atoms with Crippen molar-refractivity contribution >= 4 is 11.6 Å². The Labute approximate surface area is 86.2 Å². The minimum Gasteiger partial charge on any atom is -0.345 e. The largest absolute Gasteiger partial charge is 0.345 e. The van der Waals surface area contributed by atoms with Gasteiger partial charge in [-0.25, -0.2) is 0 Å². The molecule has 0 saturated heterocycles. The lowest BCUT2D eigenvalue weighted by Crippen LogP contribution is -2.14. The van der Waals surface area contributed by atoms with Crippen LogP contribution >= 0.6 is 11.6 Å². The van der Waals surface area contributed by atoms with E-state index in [0.29, 0.717) is 0 Å². The molecule has 1 aliphatic heterocycles. The third-order valence-electron chi connectivity index (χ3n) is 2.25. The Morgan fingerprint density at radius 2 is 1.92 bits per heavy atom. The molecule has 1 rings (SSSR count). The van der Waals surface area contributed by atoms with Crippen molar-refractivity contribution in [3.63, 3.8) is 0 Å². The van der Waals surface area contributed by atoms with Crippen LogP contribution in [-0.2, 0) is 0 Å². The van der Waals surface area contributed by atoms with Gasteiger partial charge in [-0.3, -0.25) is 0 Å². The normalized spacial score (nSPS) is 17.5. The SMILES string of the molecule is CCCCCC1=C(Cl)N(C)[C]N1C. The quantitative estimate of drug-likeness (QED) is 0.509. The molecular formula is C10H17ClN2. The van der Waals surface area contributed by atoms with Crippen LogP contribution in [0.15, 0.2) is 10.9 Å². The van der Waals surface area contributed by atoms with Gasteiger partial charge in [0.1, 0.15) is 5.16 Å². The van der Waals surface area contributed by atoms with Gasteiger partial charge in [0.25, 0.3) is 0 Å². The van der Waals surface area contributed by atoms with Gasteiger partial charge in [0.05, 0.1) is 5.70 Å². The Hall–Kier alpha value is -0.370. The topological polar surface area (TPSA) is 6.48 Å². The van der Waals surface area contributed by atoms with Gasteiger partial charge in [-0.1, -0.05) is 31.4 Å². The standard InChI is InChI=1S/C10H17ClN2/c1-4-5-6-7-9-10(11)13(3)8-12(9)2/h4-7H2,1-3H3. The Morgan fingerprint density at radius 1 is 1.23 bits per heavy atom. The fraction of sp³-hybridized carbons (Fsp3) is 0.700. The maximum absolute atomic E-state index is 6.10. The summed E-state index contributed by atoms with van der Waals surface area (Å²) in [5.41, 5.74) is 1.19. The number of nitrogens with zero attached hydrogens (tertiary/aromatic N) is 2. The zero-order chi connectivity index (χ0) is 9.84. The molecule has 0 unspecified atom stereocenters. The van der Waals surface area contributed by atoms with E-state index in [1.165, 1.54) is 25.0 Å². The van der Waals surface area contributed by atoms with E-state index in [4.69, 9.17) is 11.6 Å². The molecule has 0 N–H and O–H groups in total. The molecule has 0 aromatic rings. The summed E-state index contributed by atoms with van der Waals surface area (Å²) in [6, 6.07) is 0. The number of halogens is 1. The monoisotopic (exact) mass is 200 g/mol. The minimum atomic E-state index is 0.818. The highest BCUT2D eigenvalue weighted by Gasteiger charge is 2.23. The predicted octanol–water partition coefficient (Wildman–Crippen LogP) is 2.85. The van der Waals surface area contributed by atoms with E-state index in [-0.39, 0.29) is 0 Å². The molecule has 0 aromatic heterocycles. The van der Waals surface area contributed by atoms with Crippen LogP contribution in [0.4, 0.5) is 0 Å². The van der Waals surface area contributed by atoms with E-state index >= 15 is 0 Å². The van der Waals surface area contributed by atoms with Gasteiger partial charge in [0.2, 0.25) is 6.67 Å². The molecule has 0 spiro atoms. The van der Waals surface area contributed by atoms with Crippen LogP contribution < -0.4 is 0 Å². The van der Waals surface area contributed by atoms with Gasteiger partial charge >= 0.3 is 0 Å². The summed E-state index contributed by atoms with van der Waals surface area (Å²) in [7, 11) is 3.92. The summed E-state index contributed by atoms with van der Waals surface area (Å²) in [5.74, 6) is 0. The summed E-state index contributed by atoms with van der Waals surface area (Å²) < 4.78 is 0. The smallest absolute Gasteiger partial charge is 0.208 e. The molecule has 1 aliphatic rings. The van der Waals surface area contributed by atoms with Crippen molar-refractivity contribution in [2.45, 2.75) is 32.6 Å². The van der Waals surface area contributed by atoms with Crippen LogP contribution in [-0.4, -0.2) is 23.9 Å². The Kier molecular flexibility index (Phi) is 3.91. The third kappa shape index (κ3) is 2.53. The summed E-state index contributed by atoms with van der Waals surface area (Å²) in [4.78, 5) is 3.82.